The van der Waals surface area contributed by atoms with Crippen molar-refractivity contribution in [1.82, 2.24) is 4.98 Å². The van der Waals surface area contributed by atoms with Gasteiger partial charge in [0, 0.05) is 23.0 Å². The molecule has 0 unspecified atom stereocenters. The number of rotatable bonds is 2. The van der Waals surface area contributed by atoms with Crippen LogP contribution in [0, 0.1) is 0 Å². The molecule has 0 saturated heterocycles. The van der Waals surface area contributed by atoms with E-state index >= 15 is 0 Å². The van der Waals surface area contributed by atoms with Gasteiger partial charge in [-0.15, -0.1) is 0 Å². The molecular formula is C12H12N2O. The Labute approximate surface area is 88.2 Å². The van der Waals surface area contributed by atoms with Gasteiger partial charge in [0.1, 0.15) is 0 Å². The smallest absolute Gasteiger partial charge is 0.0777 e. The van der Waals surface area contributed by atoms with Gasteiger partial charge in [-0.3, -0.25) is 4.98 Å². The molecule has 15 heavy (non-hydrogen) atoms. The van der Waals surface area contributed by atoms with Crippen LogP contribution in [0.5, 0.6) is 0 Å². The normalized spacial score (nSPS) is 10.2. The predicted octanol–water partition coefficient (Wildman–Crippen LogP) is 1.82. The Morgan fingerprint density at radius 3 is 2.53 bits per heavy atom. The van der Waals surface area contributed by atoms with Crippen LogP contribution in [-0.4, -0.2) is 10.1 Å². The highest BCUT2D eigenvalue weighted by atomic mass is 16.3. The Kier molecular flexibility index (Phi) is 2.65. The molecule has 0 radical (unpaired) electrons. The number of nitrogens with zero attached hydrogens (tertiary/aromatic N) is 1. The van der Waals surface area contributed by atoms with Gasteiger partial charge < -0.3 is 10.8 Å². The number of nitrogens with two attached hydrogens (primary N) is 1. The minimum absolute atomic E-state index is 0.0934. The maximum atomic E-state index is 9.24. The quantitative estimate of drug-likeness (QED) is 0.777. The van der Waals surface area contributed by atoms with Gasteiger partial charge in [-0.05, 0) is 6.07 Å². The van der Waals surface area contributed by atoms with Crippen LogP contribution in [0.3, 0.4) is 0 Å². The number of pyridine rings is 1. The van der Waals surface area contributed by atoms with Crippen LogP contribution in [0.1, 0.15) is 5.56 Å². The summed E-state index contributed by atoms with van der Waals surface area (Å²) < 4.78 is 0. The maximum Gasteiger partial charge on any atom is 0.0777 e. The SMILES string of the molecule is Nc1ccnc(-c2ccccc2)c1CO. The molecule has 0 amide bonds. The summed E-state index contributed by atoms with van der Waals surface area (Å²) in [7, 11) is 0. The van der Waals surface area contributed by atoms with Gasteiger partial charge in [-0.1, -0.05) is 30.3 Å². The van der Waals surface area contributed by atoms with Crippen molar-refractivity contribution in [3.63, 3.8) is 0 Å². The largest absolute Gasteiger partial charge is 0.398 e. The monoisotopic (exact) mass is 200 g/mol. The third kappa shape index (κ3) is 1.82. The highest BCUT2D eigenvalue weighted by Crippen LogP contribution is 2.24. The lowest BCUT2D eigenvalue weighted by atomic mass is 10.1. The maximum absolute atomic E-state index is 9.24. The summed E-state index contributed by atoms with van der Waals surface area (Å²) in [6.07, 6.45) is 1.65. The molecule has 0 saturated carbocycles. The lowest BCUT2D eigenvalue weighted by molar-refractivity contribution is 0.282. The summed E-state index contributed by atoms with van der Waals surface area (Å²) >= 11 is 0. The minimum Gasteiger partial charge on any atom is -0.398 e. The summed E-state index contributed by atoms with van der Waals surface area (Å²) in [5.74, 6) is 0. The van der Waals surface area contributed by atoms with E-state index in [1.165, 1.54) is 0 Å². The van der Waals surface area contributed by atoms with Crippen LogP contribution < -0.4 is 5.73 Å². The van der Waals surface area contributed by atoms with E-state index in [2.05, 4.69) is 4.98 Å². The molecule has 0 bridgehead atoms. The van der Waals surface area contributed by atoms with E-state index in [1.807, 2.05) is 30.3 Å². The van der Waals surface area contributed by atoms with Crippen molar-refractivity contribution in [3.05, 3.63) is 48.2 Å². The first kappa shape index (κ1) is 9.68. The molecular weight excluding hydrogens is 188 g/mol. The van der Waals surface area contributed by atoms with Crippen LogP contribution >= 0.6 is 0 Å². The Morgan fingerprint density at radius 2 is 1.87 bits per heavy atom. The summed E-state index contributed by atoms with van der Waals surface area (Å²) in [5, 5.41) is 9.24. The highest BCUT2D eigenvalue weighted by Gasteiger charge is 2.07. The molecule has 0 atom stereocenters. The van der Waals surface area contributed by atoms with Crippen LogP contribution in [0.25, 0.3) is 11.3 Å². The van der Waals surface area contributed by atoms with Crippen LogP contribution in [-0.2, 0) is 6.61 Å². The van der Waals surface area contributed by atoms with Crippen LogP contribution in [0.2, 0.25) is 0 Å². The molecule has 0 fully saturated rings. The average Bonchev–Trinajstić information content (AvgIpc) is 2.30. The Hall–Kier alpha value is -1.87. The lowest BCUT2D eigenvalue weighted by Crippen LogP contribution is -1.99. The van der Waals surface area contributed by atoms with Crippen molar-refractivity contribution in [2.45, 2.75) is 6.61 Å². The molecule has 0 spiro atoms. The van der Waals surface area contributed by atoms with E-state index in [4.69, 9.17) is 5.73 Å². The first-order valence-electron chi connectivity index (χ1n) is 4.72. The van der Waals surface area contributed by atoms with Gasteiger partial charge in [0.05, 0.1) is 12.3 Å². The zero-order chi connectivity index (χ0) is 10.7. The van der Waals surface area contributed by atoms with Crippen molar-refractivity contribution in [2.75, 3.05) is 5.73 Å². The summed E-state index contributed by atoms with van der Waals surface area (Å²) in [5.41, 5.74) is 8.74. The second-order valence-electron chi connectivity index (χ2n) is 3.25. The van der Waals surface area contributed by atoms with Crippen molar-refractivity contribution >= 4 is 5.69 Å². The molecule has 3 heteroatoms. The minimum atomic E-state index is -0.0934. The second-order valence-corrected chi connectivity index (χ2v) is 3.25. The van der Waals surface area contributed by atoms with Crippen molar-refractivity contribution < 1.29 is 5.11 Å². The first-order valence-corrected chi connectivity index (χ1v) is 4.72. The highest BCUT2D eigenvalue weighted by molar-refractivity contribution is 5.68. The van der Waals surface area contributed by atoms with Gasteiger partial charge in [0.2, 0.25) is 0 Å². The van der Waals surface area contributed by atoms with E-state index < -0.39 is 0 Å². The summed E-state index contributed by atoms with van der Waals surface area (Å²) in [6, 6.07) is 11.4. The van der Waals surface area contributed by atoms with Crippen LogP contribution in [0.4, 0.5) is 5.69 Å². The van der Waals surface area contributed by atoms with E-state index in [9.17, 15) is 5.11 Å². The van der Waals surface area contributed by atoms with Gasteiger partial charge >= 0.3 is 0 Å². The standard InChI is InChI=1S/C12H12N2O/c13-11-6-7-14-12(10(11)8-15)9-4-2-1-3-5-9/h1-7,15H,8H2,(H2,13,14). The van der Waals surface area contributed by atoms with Crippen molar-refractivity contribution in [3.8, 4) is 11.3 Å². The van der Waals surface area contributed by atoms with E-state index in [-0.39, 0.29) is 6.61 Å². The summed E-state index contributed by atoms with van der Waals surface area (Å²) in [6.45, 7) is -0.0934. The average molecular weight is 200 g/mol. The number of aromatic nitrogens is 1. The lowest BCUT2D eigenvalue weighted by Gasteiger charge is -2.08. The number of nitrogen functional groups attached to an aromatic ring is 1. The fraction of sp³-hybridized carbons (Fsp3) is 0.0833. The van der Waals surface area contributed by atoms with E-state index in [1.54, 1.807) is 12.3 Å². The fourth-order valence-corrected chi connectivity index (χ4v) is 1.52. The molecule has 2 aromatic rings. The van der Waals surface area contributed by atoms with Crippen LogP contribution in [0.15, 0.2) is 42.6 Å². The first-order chi connectivity index (χ1) is 7.33. The number of benzene rings is 1. The zero-order valence-corrected chi connectivity index (χ0v) is 8.22. The van der Waals surface area contributed by atoms with Gasteiger partial charge in [-0.25, -0.2) is 0 Å². The predicted molar refractivity (Wildman–Crippen MR) is 60.0 cm³/mol. The molecule has 0 aliphatic heterocycles. The molecule has 3 N–H and O–H groups in total. The number of anilines is 1. The molecule has 1 heterocycles. The third-order valence-electron chi connectivity index (χ3n) is 2.30. The Bertz CT molecular complexity index is 454. The second kappa shape index (κ2) is 4.11. The summed E-state index contributed by atoms with van der Waals surface area (Å²) in [4.78, 5) is 4.24. The molecule has 1 aromatic carbocycles. The molecule has 2 rings (SSSR count). The van der Waals surface area contributed by atoms with E-state index in [0.717, 1.165) is 11.3 Å². The number of hydrogen-bond acceptors (Lipinski definition) is 3. The molecule has 1 aromatic heterocycles. The van der Waals surface area contributed by atoms with Crippen molar-refractivity contribution in [2.24, 2.45) is 0 Å². The molecule has 0 aliphatic rings. The van der Waals surface area contributed by atoms with E-state index in [0.29, 0.717) is 11.3 Å². The Balaban J connectivity index is 2.58. The van der Waals surface area contributed by atoms with Gasteiger partial charge in [0.25, 0.3) is 0 Å². The number of hydrogen-bond donors (Lipinski definition) is 2. The Morgan fingerprint density at radius 1 is 1.13 bits per heavy atom. The number of aliphatic hydroxyl groups excluding tert-OH is 1. The molecule has 76 valence electrons. The molecule has 0 aliphatic carbocycles. The van der Waals surface area contributed by atoms with Gasteiger partial charge in [-0.2, -0.15) is 0 Å². The van der Waals surface area contributed by atoms with Crippen molar-refractivity contribution in [1.29, 1.82) is 0 Å². The number of aliphatic hydroxyl groups is 1. The fourth-order valence-electron chi connectivity index (χ4n) is 1.52. The topological polar surface area (TPSA) is 59.1 Å². The third-order valence-corrected chi connectivity index (χ3v) is 2.30. The molecule has 3 nitrogen and oxygen atoms in total. The van der Waals surface area contributed by atoms with Gasteiger partial charge in [0.15, 0.2) is 0 Å². The zero-order valence-electron chi connectivity index (χ0n) is 8.22.